The van der Waals surface area contributed by atoms with E-state index in [-0.39, 0.29) is 4.90 Å². The van der Waals surface area contributed by atoms with Gasteiger partial charge in [0.1, 0.15) is 4.90 Å². The predicted octanol–water partition coefficient (Wildman–Crippen LogP) is 1.08. The van der Waals surface area contributed by atoms with Gasteiger partial charge >= 0.3 is 0 Å². The van der Waals surface area contributed by atoms with Crippen LogP contribution in [0.5, 0.6) is 0 Å². The molecule has 1 fully saturated rings. The zero-order valence-electron chi connectivity index (χ0n) is 13.0. The van der Waals surface area contributed by atoms with Gasteiger partial charge in [-0.3, -0.25) is 4.98 Å². The fraction of sp³-hybridized carbons (Fsp3) is 0.250. The van der Waals surface area contributed by atoms with E-state index >= 15 is 0 Å². The fourth-order valence-corrected chi connectivity index (χ4v) is 4.16. The quantitative estimate of drug-likeness (QED) is 0.766. The molecular formula is C16H17N5O2S. The van der Waals surface area contributed by atoms with E-state index in [4.69, 9.17) is 0 Å². The highest BCUT2D eigenvalue weighted by Gasteiger charge is 2.25. The molecule has 0 amide bonds. The average molecular weight is 343 g/mol. The maximum Gasteiger partial charge on any atom is 0.285 e. The zero-order valence-corrected chi connectivity index (χ0v) is 13.8. The number of benzene rings is 1. The largest absolute Gasteiger partial charge is 0.352 e. The Morgan fingerprint density at radius 2 is 1.83 bits per heavy atom. The van der Waals surface area contributed by atoms with Gasteiger partial charge < -0.3 is 10.2 Å². The monoisotopic (exact) mass is 343 g/mol. The highest BCUT2D eigenvalue weighted by atomic mass is 32.2. The first kappa shape index (κ1) is 15.1. The van der Waals surface area contributed by atoms with Gasteiger partial charge in [-0.1, -0.05) is 12.1 Å². The second-order valence-corrected chi connectivity index (χ2v) is 7.38. The lowest BCUT2D eigenvalue weighted by Gasteiger charge is -2.27. The summed E-state index contributed by atoms with van der Waals surface area (Å²) in [6.45, 7) is 3.31. The Kier molecular flexibility index (Phi) is 3.70. The van der Waals surface area contributed by atoms with Crippen LogP contribution in [0, 0.1) is 0 Å². The van der Waals surface area contributed by atoms with Crippen molar-refractivity contribution in [3.8, 4) is 0 Å². The molecule has 124 valence electrons. The molecule has 0 bridgehead atoms. The smallest absolute Gasteiger partial charge is 0.285 e. The van der Waals surface area contributed by atoms with Gasteiger partial charge in [0.15, 0.2) is 5.82 Å². The number of nitrogens with zero attached hydrogens (tertiary/aromatic N) is 4. The Hall–Kier alpha value is -2.45. The maximum atomic E-state index is 13.0. The second-order valence-electron chi connectivity index (χ2n) is 5.61. The molecule has 24 heavy (non-hydrogen) atoms. The molecule has 1 N–H and O–H groups in total. The minimum absolute atomic E-state index is 0.130. The van der Waals surface area contributed by atoms with Crippen LogP contribution in [0.25, 0.3) is 10.9 Å². The first-order valence-corrected chi connectivity index (χ1v) is 9.21. The Morgan fingerprint density at radius 3 is 2.58 bits per heavy atom. The number of hydrogen-bond donors (Lipinski definition) is 1. The molecule has 0 saturated carbocycles. The van der Waals surface area contributed by atoms with Crippen LogP contribution in [0.3, 0.4) is 0 Å². The zero-order chi connectivity index (χ0) is 16.6. The lowest BCUT2D eigenvalue weighted by molar-refractivity contribution is 0.574. The Balaban J connectivity index is 1.90. The fourth-order valence-electron chi connectivity index (χ4n) is 2.92. The Bertz CT molecular complexity index is 963. The van der Waals surface area contributed by atoms with Crippen LogP contribution in [0.15, 0.2) is 53.7 Å². The first-order chi connectivity index (χ1) is 11.7. The topological polar surface area (TPSA) is 80.1 Å². The summed E-state index contributed by atoms with van der Waals surface area (Å²) < 4.78 is 27.1. The van der Waals surface area contributed by atoms with Crippen LogP contribution in [0.4, 0.5) is 5.82 Å². The van der Waals surface area contributed by atoms with E-state index in [0.717, 1.165) is 35.7 Å². The maximum absolute atomic E-state index is 13.0. The van der Waals surface area contributed by atoms with E-state index in [2.05, 4.69) is 20.3 Å². The van der Waals surface area contributed by atoms with Gasteiger partial charge in [0.25, 0.3) is 10.0 Å². The molecule has 7 nitrogen and oxygen atoms in total. The first-order valence-electron chi connectivity index (χ1n) is 7.77. The third-order valence-electron chi connectivity index (χ3n) is 4.11. The van der Waals surface area contributed by atoms with E-state index < -0.39 is 10.0 Å². The number of piperazine rings is 1. The summed E-state index contributed by atoms with van der Waals surface area (Å²) in [6, 6.07) is 10.5. The molecule has 1 aromatic carbocycles. The molecule has 0 unspecified atom stereocenters. The average Bonchev–Trinajstić information content (AvgIpc) is 3.04. The third-order valence-corrected chi connectivity index (χ3v) is 5.68. The molecule has 4 rings (SSSR count). The summed E-state index contributed by atoms with van der Waals surface area (Å²) in [4.78, 5) is 6.16. The number of hydrogen-bond acceptors (Lipinski definition) is 6. The molecule has 0 atom stereocenters. The van der Waals surface area contributed by atoms with Gasteiger partial charge in [-0.05, 0) is 24.3 Å². The van der Waals surface area contributed by atoms with Crippen molar-refractivity contribution in [2.45, 2.75) is 4.90 Å². The summed E-state index contributed by atoms with van der Waals surface area (Å²) in [5.41, 5.74) is 0.579. The molecule has 2 aromatic heterocycles. The van der Waals surface area contributed by atoms with Gasteiger partial charge in [-0.2, -0.15) is 12.5 Å². The highest BCUT2D eigenvalue weighted by molar-refractivity contribution is 7.90. The third kappa shape index (κ3) is 2.44. The highest BCUT2D eigenvalue weighted by Crippen LogP contribution is 2.29. The molecule has 1 aliphatic rings. The van der Waals surface area contributed by atoms with Crippen molar-refractivity contribution < 1.29 is 8.42 Å². The van der Waals surface area contributed by atoms with Crippen LogP contribution in [0.2, 0.25) is 0 Å². The van der Waals surface area contributed by atoms with Crippen molar-refractivity contribution in [1.82, 2.24) is 19.5 Å². The molecule has 0 aliphatic carbocycles. The van der Waals surface area contributed by atoms with E-state index in [1.54, 1.807) is 18.3 Å². The normalized spacial score (nSPS) is 15.8. The van der Waals surface area contributed by atoms with Crippen LogP contribution < -0.4 is 10.2 Å². The van der Waals surface area contributed by atoms with Crippen molar-refractivity contribution in [2.75, 3.05) is 31.1 Å². The van der Waals surface area contributed by atoms with Crippen LogP contribution in [-0.2, 0) is 10.0 Å². The number of rotatable bonds is 3. The number of para-hydroxylation sites is 1. The minimum Gasteiger partial charge on any atom is -0.352 e. The summed E-state index contributed by atoms with van der Waals surface area (Å²) in [5, 5.41) is 8.59. The number of anilines is 1. The number of pyridine rings is 1. The molecule has 1 saturated heterocycles. The SMILES string of the molecule is O=S(=O)(c1cccnc1)n1nc(N2CCNCC2)c2ccccc21. The second kappa shape index (κ2) is 5.88. The molecule has 3 heterocycles. The lowest BCUT2D eigenvalue weighted by Crippen LogP contribution is -2.43. The van der Waals surface area contributed by atoms with Gasteiger partial charge in [-0.15, -0.1) is 5.10 Å². The predicted molar refractivity (Wildman–Crippen MR) is 91.6 cm³/mol. The summed E-state index contributed by atoms with van der Waals surface area (Å²) >= 11 is 0. The summed E-state index contributed by atoms with van der Waals surface area (Å²) in [6.07, 6.45) is 2.89. The van der Waals surface area contributed by atoms with Crippen LogP contribution in [0.1, 0.15) is 0 Å². The molecule has 0 spiro atoms. The Labute approximate surface area is 140 Å². The van der Waals surface area contributed by atoms with Gasteiger partial charge in [-0.25, -0.2) is 0 Å². The van der Waals surface area contributed by atoms with Crippen molar-refractivity contribution in [3.63, 3.8) is 0 Å². The number of fused-ring (bicyclic) bond motifs is 1. The van der Waals surface area contributed by atoms with E-state index in [0.29, 0.717) is 11.3 Å². The molecule has 8 heteroatoms. The minimum atomic E-state index is -3.78. The van der Waals surface area contributed by atoms with Crippen molar-refractivity contribution >= 4 is 26.7 Å². The standard InChI is InChI=1S/C16H17N5O2S/c22-24(23,13-4-3-7-18-12-13)21-15-6-2-1-5-14(15)16(19-21)20-10-8-17-9-11-20/h1-7,12,17H,8-11H2. The Morgan fingerprint density at radius 1 is 1.04 bits per heavy atom. The molecular weight excluding hydrogens is 326 g/mol. The van der Waals surface area contributed by atoms with Gasteiger partial charge in [0, 0.05) is 44.0 Å². The van der Waals surface area contributed by atoms with Crippen molar-refractivity contribution in [3.05, 3.63) is 48.8 Å². The molecule has 1 aliphatic heterocycles. The van der Waals surface area contributed by atoms with Gasteiger partial charge in [0.2, 0.25) is 0 Å². The van der Waals surface area contributed by atoms with E-state index in [1.165, 1.54) is 12.3 Å². The van der Waals surface area contributed by atoms with Crippen molar-refractivity contribution in [2.24, 2.45) is 0 Å². The summed E-state index contributed by atoms with van der Waals surface area (Å²) in [5.74, 6) is 0.708. The van der Waals surface area contributed by atoms with E-state index in [1.807, 2.05) is 18.2 Å². The number of nitrogens with one attached hydrogen (secondary N) is 1. The summed E-state index contributed by atoms with van der Waals surface area (Å²) in [7, 11) is -3.78. The van der Waals surface area contributed by atoms with Crippen LogP contribution >= 0.6 is 0 Å². The van der Waals surface area contributed by atoms with Crippen LogP contribution in [-0.4, -0.2) is 48.8 Å². The number of aromatic nitrogens is 3. The molecule has 3 aromatic rings. The van der Waals surface area contributed by atoms with E-state index in [9.17, 15) is 8.42 Å². The lowest BCUT2D eigenvalue weighted by atomic mass is 10.2. The molecule has 0 radical (unpaired) electrons. The van der Waals surface area contributed by atoms with Crippen molar-refractivity contribution in [1.29, 1.82) is 0 Å². The van der Waals surface area contributed by atoms with Gasteiger partial charge in [0.05, 0.1) is 5.52 Å².